The molecule has 1 amide bonds. The van der Waals surface area contributed by atoms with Gasteiger partial charge in [0.25, 0.3) is 5.91 Å². The van der Waals surface area contributed by atoms with E-state index in [0.29, 0.717) is 17.4 Å². The Morgan fingerprint density at radius 2 is 2.10 bits per heavy atom. The van der Waals surface area contributed by atoms with Gasteiger partial charge in [-0.05, 0) is 43.0 Å². The number of methoxy groups -OCH3 is 1. The summed E-state index contributed by atoms with van der Waals surface area (Å²) < 4.78 is 17.4. The van der Waals surface area contributed by atoms with E-state index in [2.05, 4.69) is 9.73 Å². The number of ether oxygens (including phenoxy) is 1. The van der Waals surface area contributed by atoms with E-state index in [1.807, 2.05) is 0 Å². The zero-order valence-electron chi connectivity index (χ0n) is 11.5. The van der Waals surface area contributed by atoms with Crippen molar-refractivity contribution in [1.82, 2.24) is 4.90 Å². The van der Waals surface area contributed by atoms with Crippen molar-refractivity contribution in [3.8, 4) is 0 Å². The highest BCUT2D eigenvalue weighted by molar-refractivity contribution is 8.18. The summed E-state index contributed by atoms with van der Waals surface area (Å²) in [5.74, 6) is -1.24. The van der Waals surface area contributed by atoms with Crippen molar-refractivity contribution in [2.75, 3.05) is 13.7 Å². The highest BCUT2D eigenvalue weighted by atomic mass is 32.2. The first-order valence-electron chi connectivity index (χ1n) is 6.18. The van der Waals surface area contributed by atoms with Crippen LogP contribution in [0.5, 0.6) is 0 Å². The van der Waals surface area contributed by atoms with Crippen LogP contribution < -0.4 is 0 Å². The minimum Gasteiger partial charge on any atom is -0.466 e. The van der Waals surface area contributed by atoms with Gasteiger partial charge in [0.1, 0.15) is 5.82 Å². The van der Waals surface area contributed by atoms with Gasteiger partial charge < -0.3 is 4.74 Å². The van der Waals surface area contributed by atoms with Crippen LogP contribution in [0.4, 0.5) is 10.1 Å². The lowest BCUT2D eigenvalue weighted by atomic mass is 10.3. The molecule has 5 nitrogen and oxygen atoms in total. The Hall–Kier alpha value is -2.15. The molecule has 7 heteroatoms. The molecular formula is C14H13FN2O3S. The summed E-state index contributed by atoms with van der Waals surface area (Å²) in [5.41, 5.74) is 0.532. The number of amides is 1. The number of hydrogen-bond acceptors (Lipinski definition) is 5. The molecule has 21 heavy (non-hydrogen) atoms. The van der Waals surface area contributed by atoms with E-state index in [9.17, 15) is 14.0 Å². The van der Waals surface area contributed by atoms with E-state index < -0.39 is 5.97 Å². The number of likely N-dealkylation sites (N-methyl/N-ethyl adjacent to an activating group) is 1. The molecular weight excluding hydrogens is 295 g/mol. The highest BCUT2D eigenvalue weighted by Crippen LogP contribution is 2.32. The molecule has 0 unspecified atom stereocenters. The van der Waals surface area contributed by atoms with Crippen molar-refractivity contribution >= 4 is 34.5 Å². The number of rotatable bonds is 3. The van der Waals surface area contributed by atoms with Crippen molar-refractivity contribution in [2.45, 2.75) is 6.92 Å². The quantitative estimate of drug-likeness (QED) is 0.636. The first-order valence-corrected chi connectivity index (χ1v) is 7.00. The Morgan fingerprint density at radius 1 is 1.43 bits per heavy atom. The molecule has 110 valence electrons. The fourth-order valence-electron chi connectivity index (χ4n) is 1.66. The third-order valence-corrected chi connectivity index (χ3v) is 3.71. The molecule has 2 rings (SSSR count). The van der Waals surface area contributed by atoms with Crippen molar-refractivity contribution in [2.24, 2.45) is 4.99 Å². The van der Waals surface area contributed by atoms with Gasteiger partial charge in [0.2, 0.25) is 0 Å². The van der Waals surface area contributed by atoms with Gasteiger partial charge in [0.05, 0.1) is 17.7 Å². The average molecular weight is 308 g/mol. The maximum atomic E-state index is 12.9. The van der Waals surface area contributed by atoms with Gasteiger partial charge in [0.15, 0.2) is 5.17 Å². The van der Waals surface area contributed by atoms with Crippen LogP contribution in [-0.2, 0) is 14.3 Å². The summed E-state index contributed by atoms with van der Waals surface area (Å²) in [6.07, 6.45) is 1.14. The fraction of sp³-hybridized carbons (Fsp3) is 0.214. The lowest BCUT2D eigenvalue weighted by molar-refractivity contribution is -0.135. The fourth-order valence-corrected chi connectivity index (χ4v) is 2.68. The maximum Gasteiger partial charge on any atom is 0.331 e. The molecule has 0 aliphatic carbocycles. The lowest BCUT2D eigenvalue weighted by Gasteiger charge is -2.11. The van der Waals surface area contributed by atoms with Crippen LogP contribution >= 0.6 is 11.8 Å². The molecule has 1 aliphatic rings. The average Bonchev–Trinajstić information content (AvgIpc) is 2.76. The van der Waals surface area contributed by atoms with Crippen LogP contribution in [-0.4, -0.2) is 35.6 Å². The third kappa shape index (κ3) is 3.49. The highest BCUT2D eigenvalue weighted by Gasteiger charge is 2.32. The molecule has 0 aromatic heterocycles. The molecule has 0 bridgehead atoms. The van der Waals surface area contributed by atoms with Crippen LogP contribution in [0, 0.1) is 5.82 Å². The van der Waals surface area contributed by atoms with Crippen molar-refractivity contribution in [1.29, 1.82) is 0 Å². The molecule has 1 fully saturated rings. The molecule has 1 aromatic rings. The Morgan fingerprint density at radius 3 is 2.67 bits per heavy atom. The standard InChI is InChI=1S/C14H13FN2O3S/c1-3-17-13(19)11(8-12(18)20-2)21-14(17)16-10-6-4-9(15)5-7-10/h4-8H,3H2,1-2H3. The van der Waals surface area contributed by atoms with Crippen LogP contribution in [0.25, 0.3) is 0 Å². The van der Waals surface area contributed by atoms with Gasteiger partial charge in [-0.2, -0.15) is 0 Å². The number of carbonyl (C=O) groups is 2. The van der Waals surface area contributed by atoms with Gasteiger partial charge in [-0.3, -0.25) is 9.69 Å². The number of aliphatic imine (C=N–C) groups is 1. The van der Waals surface area contributed by atoms with E-state index in [1.165, 1.54) is 36.3 Å². The Balaban J connectivity index is 2.31. The second-order valence-corrected chi connectivity index (χ2v) is 5.06. The maximum absolute atomic E-state index is 12.9. The second kappa shape index (κ2) is 6.53. The number of carbonyl (C=O) groups excluding carboxylic acids is 2. The number of halogens is 1. The second-order valence-electron chi connectivity index (χ2n) is 4.05. The van der Waals surface area contributed by atoms with E-state index in [4.69, 9.17) is 0 Å². The number of benzene rings is 1. The lowest BCUT2D eigenvalue weighted by Crippen LogP contribution is -2.28. The van der Waals surface area contributed by atoms with Crippen LogP contribution in [0.15, 0.2) is 40.2 Å². The zero-order valence-corrected chi connectivity index (χ0v) is 12.3. The predicted octanol–water partition coefficient (Wildman–Crippen LogP) is 2.47. The van der Waals surface area contributed by atoms with Crippen molar-refractivity contribution in [3.63, 3.8) is 0 Å². The van der Waals surface area contributed by atoms with E-state index in [-0.39, 0.29) is 16.6 Å². The number of amidine groups is 1. The molecule has 1 aromatic carbocycles. The molecule has 0 saturated carbocycles. The van der Waals surface area contributed by atoms with Gasteiger partial charge >= 0.3 is 5.97 Å². The largest absolute Gasteiger partial charge is 0.466 e. The molecule has 1 heterocycles. The SMILES string of the molecule is CCN1C(=O)C(=CC(=O)OC)SC1=Nc1ccc(F)cc1. The molecule has 1 aliphatic heterocycles. The number of thioether (sulfide) groups is 1. The molecule has 0 spiro atoms. The number of hydrogen-bond donors (Lipinski definition) is 0. The van der Waals surface area contributed by atoms with Crippen LogP contribution in [0.3, 0.4) is 0 Å². The molecule has 0 atom stereocenters. The van der Waals surface area contributed by atoms with E-state index in [0.717, 1.165) is 17.8 Å². The summed E-state index contributed by atoms with van der Waals surface area (Å²) in [4.78, 5) is 29.4. The van der Waals surface area contributed by atoms with Gasteiger partial charge in [0, 0.05) is 12.6 Å². The summed E-state index contributed by atoms with van der Waals surface area (Å²) in [5, 5.41) is 0.448. The molecule has 0 N–H and O–H groups in total. The monoisotopic (exact) mass is 308 g/mol. The topological polar surface area (TPSA) is 59.0 Å². The number of esters is 1. The van der Waals surface area contributed by atoms with Crippen LogP contribution in [0.1, 0.15) is 6.92 Å². The zero-order chi connectivity index (χ0) is 15.4. The molecule has 0 radical (unpaired) electrons. The predicted molar refractivity (Wildman–Crippen MR) is 78.6 cm³/mol. The summed E-state index contributed by atoms with van der Waals surface area (Å²) in [6.45, 7) is 2.23. The Labute approximate surface area is 125 Å². The summed E-state index contributed by atoms with van der Waals surface area (Å²) >= 11 is 1.09. The summed E-state index contributed by atoms with van der Waals surface area (Å²) in [7, 11) is 1.24. The third-order valence-electron chi connectivity index (χ3n) is 2.71. The molecule has 1 saturated heterocycles. The normalized spacial score (nSPS) is 18.6. The first-order chi connectivity index (χ1) is 10.0. The smallest absolute Gasteiger partial charge is 0.331 e. The Bertz CT molecular complexity index is 626. The minimum atomic E-state index is -0.593. The van der Waals surface area contributed by atoms with Crippen molar-refractivity contribution < 1.29 is 18.7 Å². The van der Waals surface area contributed by atoms with Crippen LogP contribution in [0.2, 0.25) is 0 Å². The Kier molecular flexibility index (Phi) is 4.74. The van der Waals surface area contributed by atoms with E-state index >= 15 is 0 Å². The van der Waals surface area contributed by atoms with Crippen molar-refractivity contribution in [3.05, 3.63) is 41.1 Å². The van der Waals surface area contributed by atoms with Gasteiger partial charge in [-0.25, -0.2) is 14.2 Å². The van der Waals surface area contributed by atoms with Gasteiger partial charge in [-0.15, -0.1) is 0 Å². The van der Waals surface area contributed by atoms with Gasteiger partial charge in [-0.1, -0.05) is 0 Å². The minimum absolute atomic E-state index is 0.254. The summed E-state index contributed by atoms with van der Waals surface area (Å²) in [6, 6.07) is 5.62. The van der Waals surface area contributed by atoms with E-state index in [1.54, 1.807) is 6.92 Å². The first kappa shape index (κ1) is 15.2. The number of nitrogens with zero attached hydrogens (tertiary/aromatic N) is 2.